The van der Waals surface area contributed by atoms with Crippen LogP contribution >= 0.6 is 11.6 Å². The van der Waals surface area contributed by atoms with Gasteiger partial charge in [-0.1, -0.05) is 40.2 Å². The van der Waals surface area contributed by atoms with Crippen molar-refractivity contribution in [2.45, 2.75) is 13.5 Å². The van der Waals surface area contributed by atoms with Crippen molar-refractivity contribution in [2.24, 2.45) is 0 Å². The van der Waals surface area contributed by atoms with Gasteiger partial charge in [-0.15, -0.1) is 5.10 Å². The van der Waals surface area contributed by atoms with Crippen molar-refractivity contribution in [1.29, 1.82) is 0 Å². The van der Waals surface area contributed by atoms with Gasteiger partial charge in [-0.05, 0) is 13.0 Å². The molecule has 2 aromatic heterocycles. The first-order valence-corrected chi connectivity index (χ1v) is 6.88. The highest BCUT2D eigenvalue weighted by atomic mass is 35.5. The molecule has 1 N–H and O–H groups in total. The number of benzene rings is 1. The van der Waals surface area contributed by atoms with Gasteiger partial charge in [-0.25, -0.2) is 4.68 Å². The number of hydrogen-bond acceptors (Lipinski definition) is 5. The first kappa shape index (κ1) is 14.3. The highest BCUT2D eigenvalue weighted by Gasteiger charge is 2.11. The summed E-state index contributed by atoms with van der Waals surface area (Å²) >= 11 is 6.11. The van der Waals surface area contributed by atoms with Gasteiger partial charge in [0, 0.05) is 11.6 Å². The van der Waals surface area contributed by atoms with Gasteiger partial charge in [0.15, 0.2) is 5.82 Å². The molecule has 0 bridgehead atoms. The van der Waals surface area contributed by atoms with Crippen LogP contribution in [0, 0.1) is 6.92 Å². The van der Waals surface area contributed by atoms with Crippen LogP contribution < -0.4 is 5.32 Å². The Hall–Kier alpha value is -2.67. The third-order valence-electron chi connectivity index (χ3n) is 2.89. The summed E-state index contributed by atoms with van der Waals surface area (Å²) in [6, 6.07) is 8.95. The van der Waals surface area contributed by atoms with Crippen molar-refractivity contribution in [2.75, 3.05) is 5.32 Å². The largest absolute Gasteiger partial charge is 0.360 e. The molecular formula is C14H12ClN5O2. The van der Waals surface area contributed by atoms with Crippen molar-refractivity contribution in [3.8, 4) is 11.3 Å². The highest BCUT2D eigenvalue weighted by Crippen LogP contribution is 2.25. The van der Waals surface area contributed by atoms with Gasteiger partial charge in [0.25, 0.3) is 0 Å². The third-order valence-corrected chi connectivity index (χ3v) is 3.22. The van der Waals surface area contributed by atoms with Crippen molar-refractivity contribution in [3.63, 3.8) is 0 Å². The van der Waals surface area contributed by atoms with Crippen molar-refractivity contribution in [1.82, 2.24) is 20.2 Å². The zero-order valence-corrected chi connectivity index (χ0v) is 12.4. The van der Waals surface area contributed by atoms with Crippen LogP contribution in [-0.2, 0) is 11.3 Å². The zero-order chi connectivity index (χ0) is 15.5. The second-order valence-corrected chi connectivity index (χ2v) is 5.06. The fourth-order valence-corrected chi connectivity index (χ4v) is 2.16. The van der Waals surface area contributed by atoms with Crippen LogP contribution in [0.25, 0.3) is 11.3 Å². The van der Waals surface area contributed by atoms with Gasteiger partial charge < -0.3 is 9.84 Å². The van der Waals surface area contributed by atoms with Gasteiger partial charge in [-0.3, -0.25) is 4.79 Å². The molecule has 1 aromatic carbocycles. The number of carbonyl (C=O) groups is 1. The second-order valence-electron chi connectivity index (χ2n) is 4.65. The molecule has 0 unspecified atom stereocenters. The predicted octanol–water partition coefficient (Wildman–Crippen LogP) is 2.53. The van der Waals surface area contributed by atoms with E-state index in [1.807, 2.05) is 18.2 Å². The standard InChI is InChI=1S/C14H12ClN5O2/c1-9-6-13(18-22-9)16-14(21)8-20-7-12(17-19-20)10-4-2-3-5-11(10)15/h2-7H,8H2,1H3,(H,16,18,21). The molecule has 1 amide bonds. The average molecular weight is 318 g/mol. The number of nitrogens with one attached hydrogen (secondary N) is 1. The lowest BCUT2D eigenvalue weighted by Crippen LogP contribution is -2.19. The summed E-state index contributed by atoms with van der Waals surface area (Å²) in [7, 11) is 0. The van der Waals surface area contributed by atoms with Crippen LogP contribution in [0.15, 0.2) is 41.1 Å². The van der Waals surface area contributed by atoms with Crippen LogP contribution in [-0.4, -0.2) is 26.1 Å². The van der Waals surface area contributed by atoms with Gasteiger partial charge in [-0.2, -0.15) is 0 Å². The Balaban J connectivity index is 1.69. The van der Waals surface area contributed by atoms with E-state index >= 15 is 0 Å². The Bertz CT molecular complexity index is 811. The minimum absolute atomic E-state index is 0.0172. The molecule has 0 aliphatic rings. The molecule has 0 aliphatic carbocycles. The SMILES string of the molecule is Cc1cc(NC(=O)Cn2cc(-c3ccccc3Cl)nn2)no1. The van der Waals surface area contributed by atoms with E-state index in [0.29, 0.717) is 22.3 Å². The van der Waals surface area contributed by atoms with Crippen LogP contribution in [0.4, 0.5) is 5.82 Å². The maximum atomic E-state index is 11.9. The molecule has 7 nitrogen and oxygen atoms in total. The summed E-state index contributed by atoms with van der Waals surface area (Å²) in [6.07, 6.45) is 1.66. The molecule has 0 fully saturated rings. The average Bonchev–Trinajstić information content (AvgIpc) is 3.09. The minimum Gasteiger partial charge on any atom is -0.360 e. The van der Waals surface area contributed by atoms with E-state index in [0.717, 1.165) is 5.56 Å². The van der Waals surface area contributed by atoms with E-state index in [1.54, 1.807) is 25.3 Å². The van der Waals surface area contributed by atoms with E-state index in [2.05, 4.69) is 20.8 Å². The van der Waals surface area contributed by atoms with Crippen LogP contribution in [0.3, 0.4) is 0 Å². The number of anilines is 1. The number of amides is 1. The summed E-state index contributed by atoms with van der Waals surface area (Å²) < 4.78 is 6.31. The van der Waals surface area contributed by atoms with E-state index in [4.69, 9.17) is 16.1 Å². The molecule has 0 spiro atoms. The molecule has 0 aliphatic heterocycles. The molecule has 22 heavy (non-hydrogen) atoms. The Labute approximate surface area is 130 Å². The molecule has 3 rings (SSSR count). The summed E-state index contributed by atoms with van der Waals surface area (Å²) in [5, 5.41) is 14.8. The molecule has 112 valence electrons. The number of halogens is 1. The fraction of sp³-hybridized carbons (Fsp3) is 0.143. The Kier molecular flexibility index (Phi) is 3.88. The molecule has 8 heteroatoms. The quantitative estimate of drug-likeness (QED) is 0.799. The monoisotopic (exact) mass is 317 g/mol. The smallest absolute Gasteiger partial charge is 0.247 e. The van der Waals surface area contributed by atoms with Crippen molar-refractivity contribution < 1.29 is 9.32 Å². The highest BCUT2D eigenvalue weighted by molar-refractivity contribution is 6.33. The molecule has 0 atom stereocenters. The normalized spacial score (nSPS) is 10.6. The van der Waals surface area contributed by atoms with Gasteiger partial charge in [0.05, 0.1) is 11.2 Å². The number of nitrogens with zero attached hydrogens (tertiary/aromatic N) is 4. The van der Waals surface area contributed by atoms with Gasteiger partial charge in [0.1, 0.15) is 18.0 Å². The Morgan fingerprint density at radius 1 is 1.41 bits per heavy atom. The van der Waals surface area contributed by atoms with Gasteiger partial charge >= 0.3 is 0 Å². The van der Waals surface area contributed by atoms with E-state index < -0.39 is 0 Å². The number of hydrogen-bond donors (Lipinski definition) is 1. The van der Waals surface area contributed by atoms with Gasteiger partial charge in [0.2, 0.25) is 5.91 Å². The maximum absolute atomic E-state index is 11.9. The van der Waals surface area contributed by atoms with Crippen molar-refractivity contribution in [3.05, 3.63) is 47.3 Å². The number of aryl methyl sites for hydroxylation is 1. The number of aromatic nitrogens is 4. The molecule has 0 saturated carbocycles. The van der Waals surface area contributed by atoms with E-state index in [1.165, 1.54) is 4.68 Å². The number of carbonyl (C=O) groups excluding carboxylic acids is 1. The predicted molar refractivity (Wildman–Crippen MR) is 80.3 cm³/mol. The molecule has 0 radical (unpaired) electrons. The topological polar surface area (TPSA) is 85.8 Å². The Morgan fingerprint density at radius 3 is 2.95 bits per heavy atom. The van der Waals surface area contributed by atoms with E-state index in [9.17, 15) is 4.79 Å². The lowest BCUT2D eigenvalue weighted by atomic mass is 10.2. The molecule has 2 heterocycles. The maximum Gasteiger partial charge on any atom is 0.247 e. The van der Waals surface area contributed by atoms with Crippen LogP contribution in [0.1, 0.15) is 5.76 Å². The minimum atomic E-state index is -0.274. The zero-order valence-electron chi connectivity index (χ0n) is 11.7. The van der Waals surface area contributed by atoms with E-state index in [-0.39, 0.29) is 12.5 Å². The summed E-state index contributed by atoms with van der Waals surface area (Å²) in [6.45, 7) is 1.76. The van der Waals surface area contributed by atoms with Crippen molar-refractivity contribution >= 4 is 23.3 Å². The molecular weight excluding hydrogens is 306 g/mol. The molecule has 3 aromatic rings. The lowest BCUT2D eigenvalue weighted by Gasteiger charge is -2.00. The summed E-state index contributed by atoms with van der Waals surface area (Å²) in [5.41, 5.74) is 1.37. The first-order chi connectivity index (χ1) is 10.6. The first-order valence-electron chi connectivity index (χ1n) is 6.50. The van der Waals surface area contributed by atoms with Crippen LogP contribution in [0.2, 0.25) is 5.02 Å². The molecule has 0 saturated heterocycles. The number of rotatable bonds is 4. The van der Waals surface area contributed by atoms with Crippen LogP contribution in [0.5, 0.6) is 0 Å². The summed E-state index contributed by atoms with van der Waals surface area (Å²) in [5.74, 6) is 0.718. The Morgan fingerprint density at radius 2 is 2.23 bits per heavy atom. The second kappa shape index (κ2) is 5.98. The third kappa shape index (κ3) is 3.15. The fourth-order valence-electron chi connectivity index (χ4n) is 1.92. The summed E-state index contributed by atoms with van der Waals surface area (Å²) in [4.78, 5) is 11.9. The lowest BCUT2D eigenvalue weighted by molar-refractivity contribution is -0.117.